The van der Waals surface area contributed by atoms with Gasteiger partial charge in [0.05, 0.1) is 23.8 Å². The van der Waals surface area contributed by atoms with Crippen molar-refractivity contribution in [1.29, 1.82) is 0 Å². The summed E-state index contributed by atoms with van der Waals surface area (Å²) >= 11 is 24.7. The molecule has 5 nitrogen and oxygen atoms in total. The lowest BCUT2D eigenvalue weighted by Gasteiger charge is -2.16. The Morgan fingerprint density at radius 2 is 1.77 bits per heavy atom. The van der Waals surface area contributed by atoms with Crippen molar-refractivity contribution in [3.05, 3.63) is 63.3 Å². The maximum Gasteiger partial charge on any atom is 0.339 e. The molecule has 3 rings (SSSR count). The molecular formula is C22H20Cl4O5. The fourth-order valence-electron chi connectivity index (χ4n) is 3.00. The summed E-state index contributed by atoms with van der Waals surface area (Å²) in [6.07, 6.45) is 0.674. The molecule has 2 aromatic rings. The Hall–Kier alpha value is -1.79. The minimum Gasteiger partial charge on any atom is -0.500 e. The lowest BCUT2D eigenvalue weighted by Crippen LogP contribution is -2.08. The summed E-state index contributed by atoms with van der Waals surface area (Å²) in [6, 6.07) is 10.2. The molecule has 2 aromatic carbocycles. The highest BCUT2D eigenvalue weighted by atomic mass is 35.5. The number of methoxy groups -OCH3 is 1. The first kappa shape index (κ1) is 23.9. The van der Waals surface area contributed by atoms with E-state index in [1.807, 2.05) is 0 Å². The molecule has 166 valence electrons. The zero-order valence-electron chi connectivity index (χ0n) is 16.8. The molecule has 0 heterocycles. The van der Waals surface area contributed by atoms with Crippen LogP contribution in [0.15, 0.2) is 42.2 Å². The van der Waals surface area contributed by atoms with Gasteiger partial charge in [-0.3, -0.25) is 0 Å². The van der Waals surface area contributed by atoms with Crippen LogP contribution in [0.3, 0.4) is 0 Å². The number of carboxylic acids is 1. The Kier molecular flexibility index (Phi) is 7.53. The van der Waals surface area contributed by atoms with Crippen molar-refractivity contribution in [2.75, 3.05) is 13.7 Å². The summed E-state index contributed by atoms with van der Waals surface area (Å²) in [7, 11) is 1.42. The van der Waals surface area contributed by atoms with Gasteiger partial charge in [0.15, 0.2) is 5.75 Å². The van der Waals surface area contributed by atoms with E-state index in [4.69, 9.17) is 60.6 Å². The maximum atomic E-state index is 11.8. The number of rotatable bonds is 9. The summed E-state index contributed by atoms with van der Waals surface area (Å²) < 4.78 is 15.9. The summed E-state index contributed by atoms with van der Waals surface area (Å²) in [5.41, 5.74) is 1.17. The molecule has 1 aliphatic carbocycles. The van der Waals surface area contributed by atoms with Gasteiger partial charge in [-0.1, -0.05) is 47.5 Å². The van der Waals surface area contributed by atoms with Crippen LogP contribution in [0.4, 0.5) is 0 Å². The largest absolute Gasteiger partial charge is 0.500 e. The molecule has 0 saturated heterocycles. The van der Waals surface area contributed by atoms with E-state index >= 15 is 0 Å². The highest BCUT2D eigenvalue weighted by Crippen LogP contribution is 2.53. The van der Waals surface area contributed by atoms with Gasteiger partial charge < -0.3 is 19.3 Å². The first-order valence-corrected chi connectivity index (χ1v) is 10.8. The van der Waals surface area contributed by atoms with Gasteiger partial charge in [-0.25, -0.2) is 4.79 Å². The first-order valence-electron chi connectivity index (χ1n) is 9.33. The van der Waals surface area contributed by atoms with Crippen molar-refractivity contribution in [3.8, 4) is 11.5 Å². The molecule has 0 amide bonds. The number of carbonyl (C=O) groups is 1. The number of hydrogen-bond donors (Lipinski definition) is 1. The number of aliphatic carboxylic acids is 1. The van der Waals surface area contributed by atoms with Gasteiger partial charge in [0.25, 0.3) is 0 Å². The topological polar surface area (TPSA) is 65.0 Å². The summed E-state index contributed by atoms with van der Waals surface area (Å²) in [6.45, 7) is 2.00. The van der Waals surface area contributed by atoms with Crippen LogP contribution in [0.5, 0.6) is 11.5 Å². The zero-order valence-corrected chi connectivity index (χ0v) is 19.8. The van der Waals surface area contributed by atoms with Crippen LogP contribution in [0, 0.1) is 5.92 Å². The highest BCUT2D eigenvalue weighted by Gasteiger charge is 2.52. The molecule has 1 aliphatic rings. The van der Waals surface area contributed by atoms with Crippen LogP contribution in [0.25, 0.3) is 5.57 Å². The van der Waals surface area contributed by atoms with E-state index in [-0.39, 0.29) is 39.7 Å². The number of carboxylic acid groups (broad SMARTS) is 1. The molecule has 0 spiro atoms. The number of ether oxygens (including phenoxy) is 3. The van der Waals surface area contributed by atoms with E-state index in [0.717, 1.165) is 0 Å². The molecule has 0 aliphatic heterocycles. The van der Waals surface area contributed by atoms with Gasteiger partial charge in [-0.15, -0.1) is 23.2 Å². The van der Waals surface area contributed by atoms with E-state index in [1.54, 1.807) is 43.3 Å². The van der Waals surface area contributed by atoms with Gasteiger partial charge >= 0.3 is 5.97 Å². The monoisotopic (exact) mass is 504 g/mol. The normalized spacial score (nSPS) is 17.5. The molecule has 1 unspecified atom stereocenters. The molecule has 0 aromatic heterocycles. The Labute approximate surface area is 200 Å². The molecule has 31 heavy (non-hydrogen) atoms. The molecule has 1 atom stereocenters. The Morgan fingerprint density at radius 3 is 2.32 bits per heavy atom. The fraction of sp³-hybridized carbons (Fsp3) is 0.318. The lowest BCUT2D eigenvalue weighted by molar-refractivity contribution is -0.130. The average molecular weight is 506 g/mol. The number of allylic oxidation sites excluding steroid dienone is 1. The molecular weight excluding hydrogens is 486 g/mol. The number of hydrogen-bond acceptors (Lipinski definition) is 4. The second-order valence-corrected chi connectivity index (χ2v) is 9.43. The number of halogens is 4. The summed E-state index contributed by atoms with van der Waals surface area (Å²) in [5, 5.41) is 10.2. The van der Waals surface area contributed by atoms with Crippen LogP contribution < -0.4 is 9.47 Å². The molecule has 0 radical (unpaired) electrons. The van der Waals surface area contributed by atoms with Crippen molar-refractivity contribution >= 4 is 57.9 Å². The third-order valence-corrected chi connectivity index (χ3v) is 6.40. The summed E-state index contributed by atoms with van der Waals surface area (Å²) in [4.78, 5) is 11.8. The van der Waals surface area contributed by atoms with E-state index in [9.17, 15) is 9.90 Å². The van der Waals surface area contributed by atoms with E-state index in [2.05, 4.69) is 0 Å². The SMILES string of the molecule is COC(C)=C(C(=O)O)c1ccccc1COc1c(Cl)cc(OCC2CC2(Cl)Cl)cc1Cl. The van der Waals surface area contributed by atoms with E-state index in [1.165, 1.54) is 7.11 Å². The fourth-order valence-corrected chi connectivity index (χ4v) is 4.08. The van der Waals surface area contributed by atoms with Crippen LogP contribution in [0.1, 0.15) is 24.5 Å². The van der Waals surface area contributed by atoms with Crippen molar-refractivity contribution in [1.82, 2.24) is 0 Å². The van der Waals surface area contributed by atoms with Gasteiger partial charge in [0.1, 0.15) is 28.0 Å². The second-order valence-electron chi connectivity index (χ2n) is 7.08. The van der Waals surface area contributed by atoms with Crippen LogP contribution in [-0.2, 0) is 16.1 Å². The lowest BCUT2D eigenvalue weighted by atomic mass is 9.99. The first-order chi connectivity index (χ1) is 14.6. The second kappa shape index (κ2) is 9.78. The smallest absolute Gasteiger partial charge is 0.339 e. The van der Waals surface area contributed by atoms with Crippen molar-refractivity contribution < 1.29 is 24.1 Å². The van der Waals surface area contributed by atoms with E-state index in [0.29, 0.717) is 29.9 Å². The van der Waals surface area contributed by atoms with Gasteiger partial charge in [-0.05, 0) is 24.5 Å². The van der Waals surface area contributed by atoms with Crippen LogP contribution in [-0.4, -0.2) is 29.1 Å². The molecule has 9 heteroatoms. The molecule has 1 N–H and O–H groups in total. The zero-order chi connectivity index (χ0) is 22.8. The average Bonchev–Trinajstić information content (AvgIpc) is 3.33. The van der Waals surface area contributed by atoms with Gasteiger partial charge in [0, 0.05) is 18.1 Å². The maximum absolute atomic E-state index is 11.8. The van der Waals surface area contributed by atoms with Crippen molar-refractivity contribution in [2.24, 2.45) is 5.92 Å². The minimum atomic E-state index is -1.10. The predicted molar refractivity (Wildman–Crippen MR) is 123 cm³/mol. The van der Waals surface area contributed by atoms with E-state index < -0.39 is 10.3 Å². The quantitative estimate of drug-likeness (QED) is 0.236. The Bertz CT molecular complexity index is 996. The highest BCUT2D eigenvalue weighted by molar-refractivity contribution is 6.50. The van der Waals surface area contributed by atoms with Crippen molar-refractivity contribution in [2.45, 2.75) is 24.3 Å². The standard InChI is InChI=1S/C22H20Cl4O5/c1-12(29-2)19(21(27)28)16-6-4-3-5-13(16)10-31-20-17(23)7-15(8-18(20)24)30-11-14-9-22(14,25)26/h3-8,14H,9-11H2,1-2H3,(H,27,28). The van der Waals surface area contributed by atoms with Gasteiger partial charge in [0.2, 0.25) is 0 Å². The molecule has 1 saturated carbocycles. The molecule has 0 bridgehead atoms. The van der Waals surface area contributed by atoms with Crippen LogP contribution >= 0.6 is 46.4 Å². The van der Waals surface area contributed by atoms with Gasteiger partial charge in [-0.2, -0.15) is 0 Å². The number of benzene rings is 2. The Balaban J connectivity index is 1.77. The van der Waals surface area contributed by atoms with Crippen LogP contribution in [0.2, 0.25) is 10.0 Å². The third kappa shape index (κ3) is 5.72. The number of alkyl halides is 2. The molecule has 1 fully saturated rings. The third-order valence-electron chi connectivity index (χ3n) is 4.91. The Morgan fingerprint density at radius 1 is 1.16 bits per heavy atom. The minimum absolute atomic E-state index is 0.0483. The summed E-state index contributed by atoms with van der Waals surface area (Å²) in [5.74, 6) is -0.00672. The predicted octanol–water partition coefficient (Wildman–Crippen LogP) is 6.61. The van der Waals surface area contributed by atoms with Crippen molar-refractivity contribution in [3.63, 3.8) is 0 Å².